The van der Waals surface area contributed by atoms with Crippen molar-refractivity contribution in [3.8, 4) is 0 Å². The Kier molecular flexibility index (Phi) is 6.39. The maximum Gasteiger partial charge on any atom is 0.234 e. The molecule has 3 rings (SSSR count). The molecule has 1 aromatic heterocycles. The third-order valence-corrected chi connectivity index (χ3v) is 5.64. The molecule has 0 saturated carbocycles. The maximum absolute atomic E-state index is 12.3. The van der Waals surface area contributed by atoms with E-state index in [1.807, 2.05) is 12.1 Å². The minimum Gasteiger partial charge on any atom is -0.372 e. The number of amides is 1. The van der Waals surface area contributed by atoms with Crippen LogP contribution in [0.4, 0.5) is 11.5 Å². The van der Waals surface area contributed by atoms with Gasteiger partial charge in [0.25, 0.3) is 0 Å². The van der Waals surface area contributed by atoms with Gasteiger partial charge in [-0.1, -0.05) is 17.7 Å². The molecule has 5 nitrogen and oxygen atoms in total. The van der Waals surface area contributed by atoms with Gasteiger partial charge < -0.3 is 15.0 Å². The van der Waals surface area contributed by atoms with Gasteiger partial charge in [-0.05, 0) is 51.5 Å². The number of nitrogens with one attached hydrogen (secondary N) is 1. The second kappa shape index (κ2) is 8.76. The molecular weight excluding hydrogens is 358 g/mol. The normalized spacial score (nSPS) is 19.8. The van der Waals surface area contributed by atoms with Gasteiger partial charge in [0.1, 0.15) is 5.82 Å². The number of morpholine rings is 1. The molecule has 1 N–H and O–H groups in total. The summed E-state index contributed by atoms with van der Waals surface area (Å²) in [5, 5.41) is 2.93. The zero-order chi connectivity index (χ0) is 19.4. The summed E-state index contributed by atoms with van der Waals surface area (Å²) < 4.78 is 5.76. The van der Waals surface area contributed by atoms with E-state index in [0.717, 1.165) is 29.5 Å². The molecule has 2 aromatic rings. The first-order valence-corrected chi connectivity index (χ1v) is 10.3. The van der Waals surface area contributed by atoms with E-state index in [9.17, 15) is 4.79 Å². The predicted octanol–water partition coefficient (Wildman–Crippen LogP) is 4.04. The zero-order valence-corrected chi connectivity index (χ0v) is 17.2. The van der Waals surface area contributed by atoms with E-state index >= 15 is 0 Å². The highest BCUT2D eigenvalue weighted by molar-refractivity contribution is 8.00. The van der Waals surface area contributed by atoms with Crippen molar-refractivity contribution >= 4 is 29.2 Å². The van der Waals surface area contributed by atoms with Crippen molar-refractivity contribution in [1.82, 2.24) is 4.98 Å². The minimum absolute atomic E-state index is 0.0240. The third kappa shape index (κ3) is 5.47. The molecule has 2 unspecified atom stereocenters. The molecule has 1 aliphatic rings. The van der Waals surface area contributed by atoms with Crippen LogP contribution in [0.5, 0.6) is 0 Å². The van der Waals surface area contributed by atoms with E-state index in [0.29, 0.717) is 5.75 Å². The molecule has 27 heavy (non-hydrogen) atoms. The van der Waals surface area contributed by atoms with Gasteiger partial charge in [-0.2, -0.15) is 0 Å². The SMILES string of the molecule is Cc1ccc(C)c(SCC(=O)Nc2ccc(N3CC(C)OC(C)C3)nc2)c1. The Morgan fingerprint density at radius 1 is 1.22 bits per heavy atom. The highest BCUT2D eigenvalue weighted by atomic mass is 32.2. The summed E-state index contributed by atoms with van der Waals surface area (Å²) in [6, 6.07) is 10.2. The summed E-state index contributed by atoms with van der Waals surface area (Å²) in [4.78, 5) is 20.2. The van der Waals surface area contributed by atoms with Crippen molar-refractivity contribution in [1.29, 1.82) is 0 Å². The van der Waals surface area contributed by atoms with E-state index in [2.05, 4.69) is 61.1 Å². The van der Waals surface area contributed by atoms with Gasteiger partial charge >= 0.3 is 0 Å². The lowest BCUT2D eigenvalue weighted by molar-refractivity contribution is -0.113. The van der Waals surface area contributed by atoms with E-state index in [1.165, 1.54) is 11.1 Å². The van der Waals surface area contributed by atoms with Crippen LogP contribution in [0.15, 0.2) is 41.4 Å². The number of carbonyl (C=O) groups excluding carboxylic acids is 1. The number of carbonyl (C=O) groups is 1. The lowest BCUT2D eigenvalue weighted by Gasteiger charge is -2.36. The van der Waals surface area contributed by atoms with Gasteiger partial charge in [-0.25, -0.2) is 4.98 Å². The van der Waals surface area contributed by atoms with E-state index in [1.54, 1.807) is 18.0 Å². The van der Waals surface area contributed by atoms with Crippen molar-refractivity contribution in [2.45, 2.75) is 44.8 Å². The maximum atomic E-state index is 12.3. The highest BCUT2D eigenvalue weighted by Crippen LogP contribution is 2.24. The van der Waals surface area contributed by atoms with Crippen molar-refractivity contribution in [3.05, 3.63) is 47.7 Å². The first-order chi connectivity index (χ1) is 12.9. The summed E-state index contributed by atoms with van der Waals surface area (Å²) in [6.45, 7) is 9.93. The number of aromatic nitrogens is 1. The first kappa shape index (κ1) is 19.7. The van der Waals surface area contributed by atoms with Crippen LogP contribution < -0.4 is 10.2 Å². The molecule has 1 aliphatic heterocycles. The standard InChI is InChI=1S/C21H27N3O2S/c1-14-5-6-15(2)19(9-14)27-13-21(25)23-18-7-8-20(22-10-18)24-11-16(3)26-17(4)12-24/h5-10,16-17H,11-13H2,1-4H3,(H,23,25). The second-order valence-electron chi connectivity index (χ2n) is 7.17. The number of thioether (sulfide) groups is 1. The molecule has 0 radical (unpaired) electrons. The molecule has 0 bridgehead atoms. The smallest absolute Gasteiger partial charge is 0.234 e. The second-order valence-corrected chi connectivity index (χ2v) is 8.19. The van der Waals surface area contributed by atoms with Crippen molar-refractivity contribution in [2.75, 3.05) is 29.1 Å². The number of pyridine rings is 1. The number of hydrogen-bond donors (Lipinski definition) is 1. The number of rotatable bonds is 5. The third-order valence-electron chi connectivity index (χ3n) is 4.48. The first-order valence-electron chi connectivity index (χ1n) is 9.27. The highest BCUT2D eigenvalue weighted by Gasteiger charge is 2.23. The molecule has 0 aliphatic carbocycles. The molecule has 1 saturated heterocycles. The quantitative estimate of drug-likeness (QED) is 0.787. The molecule has 2 heterocycles. The van der Waals surface area contributed by atoms with Crippen LogP contribution in [0.2, 0.25) is 0 Å². The summed E-state index contributed by atoms with van der Waals surface area (Å²) in [5.74, 6) is 1.27. The van der Waals surface area contributed by atoms with Crippen LogP contribution >= 0.6 is 11.8 Å². The van der Waals surface area contributed by atoms with E-state index in [-0.39, 0.29) is 18.1 Å². The Labute approximate surface area is 165 Å². The van der Waals surface area contributed by atoms with E-state index in [4.69, 9.17) is 4.74 Å². The number of aryl methyl sites for hydroxylation is 2. The number of ether oxygens (including phenoxy) is 1. The predicted molar refractivity (Wildman–Crippen MR) is 112 cm³/mol. The summed E-state index contributed by atoms with van der Waals surface area (Å²) in [7, 11) is 0. The molecule has 2 atom stereocenters. The lowest BCUT2D eigenvalue weighted by atomic mass is 10.2. The van der Waals surface area contributed by atoms with Crippen molar-refractivity contribution in [2.24, 2.45) is 0 Å². The monoisotopic (exact) mass is 385 g/mol. The number of anilines is 2. The zero-order valence-electron chi connectivity index (χ0n) is 16.4. The van der Waals surface area contributed by atoms with Gasteiger partial charge in [-0.3, -0.25) is 4.79 Å². The average Bonchev–Trinajstić information content (AvgIpc) is 2.62. The molecule has 1 fully saturated rings. The number of benzene rings is 1. The Bertz CT molecular complexity index is 785. The minimum atomic E-state index is -0.0240. The topological polar surface area (TPSA) is 54.5 Å². The fraction of sp³-hybridized carbons (Fsp3) is 0.429. The van der Waals surface area contributed by atoms with Gasteiger partial charge in [0.15, 0.2) is 0 Å². The lowest BCUT2D eigenvalue weighted by Crippen LogP contribution is -2.45. The van der Waals surface area contributed by atoms with Crippen LogP contribution in [-0.2, 0) is 9.53 Å². The van der Waals surface area contributed by atoms with Crippen molar-refractivity contribution in [3.63, 3.8) is 0 Å². The van der Waals surface area contributed by atoms with E-state index < -0.39 is 0 Å². The van der Waals surface area contributed by atoms with Crippen LogP contribution in [0.25, 0.3) is 0 Å². The Balaban J connectivity index is 1.54. The summed E-state index contributed by atoms with van der Waals surface area (Å²) >= 11 is 1.56. The molecule has 6 heteroatoms. The van der Waals surface area contributed by atoms with Gasteiger partial charge in [0, 0.05) is 18.0 Å². The number of nitrogens with zero attached hydrogens (tertiary/aromatic N) is 2. The number of hydrogen-bond acceptors (Lipinski definition) is 5. The summed E-state index contributed by atoms with van der Waals surface area (Å²) in [6.07, 6.45) is 2.11. The fourth-order valence-electron chi connectivity index (χ4n) is 3.22. The Morgan fingerprint density at radius 3 is 2.63 bits per heavy atom. The molecule has 144 valence electrons. The fourth-order valence-corrected chi connectivity index (χ4v) is 4.14. The Morgan fingerprint density at radius 2 is 1.96 bits per heavy atom. The Hall–Kier alpha value is -2.05. The van der Waals surface area contributed by atoms with Crippen LogP contribution in [0.1, 0.15) is 25.0 Å². The van der Waals surface area contributed by atoms with Crippen LogP contribution in [0, 0.1) is 13.8 Å². The molecule has 1 aromatic carbocycles. The van der Waals surface area contributed by atoms with Gasteiger partial charge in [-0.15, -0.1) is 11.8 Å². The van der Waals surface area contributed by atoms with Crippen LogP contribution in [-0.4, -0.2) is 41.9 Å². The largest absolute Gasteiger partial charge is 0.372 e. The molecular formula is C21H27N3O2S. The van der Waals surface area contributed by atoms with Crippen molar-refractivity contribution < 1.29 is 9.53 Å². The molecule has 0 spiro atoms. The van der Waals surface area contributed by atoms with Gasteiger partial charge in [0.2, 0.25) is 5.91 Å². The molecule has 1 amide bonds. The summed E-state index contributed by atoms with van der Waals surface area (Å²) in [5.41, 5.74) is 3.12. The van der Waals surface area contributed by atoms with Crippen LogP contribution in [0.3, 0.4) is 0 Å². The van der Waals surface area contributed by atoms with Gasteiger partial charge in [0.05, 0.1) is 29.8 Å². The average molecular weight is 386 g/mol.